The summed E-state index contributed by atoms with van der Waals surface area (Å²) < 4.78 is 5.74. The lowest BCUT2D eigenvalue weighted by Crippen LogP contribution is -2.36. The maximum atomic E-state index is 5.74. The second kappa shape index (κ2) is 10.8. The van der Waals surface area contributed by atoms with Gasteiger partial charge in [-0.2, -0.15) is 0 Å². The van der Waals surface area contributed by atoms with Crippen LogP contribution in [0.4, 0.5) is 0 Å². The highest BCUT2D eigenvalue weighted by molar-refractivity contribution is 4.79. The summed E-state index contributed by atoms with van der Waals surface area (Å²) in [5, 5.41) is 3.76. The van der Waals surface area contributed by atoms with E-state index in [-0.39, 0.29) is 0 Å². The molecular formula is C16H33NO. The molecule has 0 aromatic carbocycles. The van der Waals surface area contributed by atoms with Crippen molar-refractivity contribution in [3.8, 4) is 0 Å². The summed E-state index contributed by atoms with van der Waals surface area (Å²) in [6.45, 7) is 7.58. The van der Waals surface area contributed by atoms with E-state index < -0.39 is 0 Å². The van der Waals surface area contributed by atoms with E-state index in [2.05, 4.69) is 19.2 Å². The number of unbranched alkanes of at least 4 members (excludes halogenated alkanes) is 1. The second-order valence-corrected chi connectivity index (χ2v) is 5.71. The van der Waals surface area contributed by atoms with Gasteiger partial charge in [0, 0.05) is 19.3 Å². The summed E-state index contributed by atoms with van der Waals surface area (Å²) >= 11 is 0. The summed E-state index contributed by atoms with van der Waals surface area (Å²) in [5.41, 5.74) is 0. The standard InChI is InChI=1S/C16H33NO/c1-3-5-13-18-14-11-15-9-7-6-8-10-16(15)17-12-4-2/h15-17H,3-14H2,1-2H3. The van der Waals surface area contributed by atoms with Crippen LogP contribution in [0.15, 0.2) is 0 Å². The second-order valence-electron chi connectivity index (χ2n) is 5.71. The van der Waals surface area contributed by atoms with E-state index in [0.29, 0.717) is 0 Å². The molecule has 1 N–H and O–H groups in total. The van der Waals surface area contributed by atoms with Crippen LogP contribution in [0.3, 0.4) is 0 Å². The molecule has 2 unspecified atom stereocenters. The molecule has 0 aliphatic heterocycles. The molecule has 1 aliphatic rings. The summed E-state index contributed by atoms with van der Waals surface area (Å²) in [7, 11) is 0. The zero-order valence-electron chi connectivity index (χ0n) is 12.5. The quantitative estimate of drug-likeness (QED) is 0.494. The zero-order valence-corrected chi connectivity index (χ0v) is 12.5. The molecule has 0 radical (unpaired) electrons. The Morgan fingerprint density at radius 2 is 1.83 bits per heavy atom. The predicted molar refractivity (Wildman–Crippen MR) is 79.0 cm³/mol. The molecule has 1 rings (SSSR count). The average molecular weight is 255 g/mol. The van der Waals surface area contributed by atoms with Gasteiger partial charge in [0.15, 0.2) is 0 Å². The van der Waals surface area contributed by atoms with Crippen molar-refractivity contribution >= 4 is 0 Å². The third-order valence-corrected chi connectivity index (χ3v) is 4.09. The van der Waals surface area contributed by atoms with Gasteiger partial charge in [0.2, 0.25) is 0 Å². The Balaban J connectivity index is 2.23. The van der Waals surface area contributed by atoms with Crippen LogP contribution < -0.4 is 5.32 Å². The normalized spacial score (nSPS) is 25.0. The van der Waals surface area contributed by atoms with Gasteiger partial charge in [-0.3, -0.25) is 0 Å². The van der Waals surface area contributed by atoms with Crippen LogP contribution >= 0.6 is 0 Å². The van der Waals surface area contributed by atoms with E-state index in [1.54, 1.807) is 0 Å². The number of hydrogen-bond acceptors (Lipinski definition) is 2. The largest absolute Gasteiger partial charge is 0.381 e. The predicted octanol–water partition coefficient (Wildman–Crippen LogP) is 4.14. The summed E-state index contributed by atoms with van der Waals surface area (Å²) in [6.07, 6.45) is 12.0. The van der Waals surface area contributed by atoms with Gasteiger partial charge in [-0.1, -0.05) is 39.5 Å². The van der Waals surface area contributed by atoms with E-state index in [1.807, 2.05) is 0 Å². The fourth-order valence-electron chi connectivity index (χ4n) is 2.91. The third kappa shape index (κ3) is 6.75. The van der Waals surface area contributed by atoms with Crippen molar-refractivity contribution in [1.29, 1.82) is 0 Å². The van der Waals surface area contributed by atoms with Crippen LogP contribution in [0.2, 0.25) is 0 Å². The minimum Gasteiger partial charge on any atom is -0.381 e. The Hall–Kier alpha value is -0.0800. The molecule has 0 aromatic rings. The number of ether oxygens (including phenoxy) is 1. The van der Waals surface area contributed by atoms with Crippen LogP contribution in [0, 0.1) is 5.92 Å². The molecule has 18 heavy (non-hydrogen) atoms. The van der Waals surface area contributed by atoms with E-state index in [9.17, 15) is 0 Å². The van der Waals surface area contributed by atoms with Gasteiger partial charge in [0.05, 0.1) is 0 Å². The molecule has 1 saturated carbocycles. The highest BCUT2D eigenvalue weighted by Crippen LogP contribution is 2.26. The molecule has 0 spiro atoms. The molecule has 108 valence electrons. The molecule has 2 nitrogen and oxygen atoms in total. The SMILES string of the molecule is CCCCOCCC1CCCCCC1NCCC. The number of nitrogens with one attached hydrogen (secondary N) is 1. The van der Waals surface area contributed by atoms with E-state index in [1.165, 1.54) is 64.3 Å². The molecule has 0 saturated heterocycles. The summed E-state index contributed by atoms with van der Waals surface area (Å²) in [5.74, 6) is 0.848. The Kier molecular flexibility index (Phi) is 9.59. The highest BCUT2D eigenvalue weighted by atomic mass is 16.5. The monoisotopic (exact) mass is 255 g/mol. The van der Waals surface area contributed by atoms with Crippen molar-refractivity contribution in [1.82, 2.24) is 5.32 Å². The smallest absolute Gasteiger partial charge is 0.0469 e. The van der Waals surface area contributed by atoms with Gasteiger partial charge >= 0.3 is 0 Å². The average Bonchev–Trinajstić information content (AvgIpc) is 2.61. The first-order chi connectivity index (χ1) is 8.88. The fourth-order valence-corrected chi connectivity index (χ4v) is 2.91. The lowest BCUT2D eigenvalue weighted by atomic mass is 9.91. The molecule has 2 atom stereocenters. The summed E-state index contributed by atoms with van der Waals surface area (Å²) in [4.78, 5) is 0. The Morgan fingerprint density at radius 1 is 1.00 bits per heavy atom. The van der Waals surface area contributed by atoms with Crippen LogP contribution in [0.1, 0.15) is 71.6 Å². The van der Waals surface area contributed by atoms with Crippen molar-refractivity contribution in [2.45, 2.75) is 77.7 Å². The number of hydrogen-bond donors (Lipinski definition) is 1. The minimum absolute atomic E-state index is 0.752. The zero-order chi connectivity index (χ0) is 13.1. The van der Waals surface area contributed by atoms with Crippen LogP contribution in [-0.4, -0.2) is 25.8 Å². The molecule has 0 aromatic heterocycles. The van der Waals surface area contributed by atoms with Crippen molar-refractivity contribution in [2.24, 2.45) is 5.92 Å². The lowest BCUT2D eigenvalue weighted by molar-refractivity contribution is 0.109. The van der Waals surface area contributed by atoms with Crippen molar-refractivity contribution < 1.29 is 4.74 Å². The van der Waals surface area contributed by atoms with E-state index in [0.717, 1.165) is 25.2 Å². The van der Waals surface area contributed by atoms with Gasteiger partial charge in [0.1, 0.15) is 0 Å². The van der Waals surface area contributed by atoms with Gasteiger partial charge in [0.25, 0.3) is 0 Å². The first-order valence-corrected chi connectivity index (χ1v) is 8.19. The Labute approximate surface area is 114 Å². The fraction of sp³-hybridized carbons (Fsp3) is 1.00. The molecule has 1 aliphatic carbocycles. The Bertz CT molecular complexity index is 184. The Morgan fingerprint density at radius 3 is 2.61 bits per heavy atom. The number of rotatable bonds is 9. The van der Waals surface area contributed by atoms with Crippen LogP contribution in [0.25, 0.3) is 0 Å². The lowest BCUT2D eigenvalue weighted by Gasteiger charge is -2.26. The highest BCUT2D eigenvalue weighted by Gasteiger charge is 2.22. The molecule has 2 heteroatoms. The third-order valence-electron chi connectivity index (χ3n) is 4.09. The molecule has 0 bridgehead atoms. The van der Waals surface area contributed by atoms with Gasteiger partial charge < -0.3 is 10.1 Å². The first-order valence-electron chi connectivity index (χ1n) is 8.19. The van der Waals surface area contributed by atoms with E-state index >= 15 is 0 Å². The van der Waals surface area contributed by atoms with E-state index in [4.69, 9.17) is 4.74 Å². The topological polar surface area (TPSA) is 21.3 Å². The van der Waals surface area contributed by atoms with Crippen molar-refractivity contribution in [2.75, 3.05) is 19.8 Å². The summed E-state index contributed by atoms with van der Waals surface area (Å²) in [6, 6.07) is 0.752. The molecule has 0 amide bonds. The molecule has 1 fully saturated rings. The molecule has 0 heterocycles. The molecular weight excluding hydrogens is 222 g/mol. The van der Waals surface area contributed by atoms with Crippen LogP contribution in [0.5, 0.6) is 0 Å². The first kappa shape index (κ1) is 16.0. The van der Waals surface area contributed by atoms with Crippen LogP contribution in [-0.2, 0) is 4.74 Å². The van der Waals surface area contributed by atoms with Crippen molar-refractivity contribution in [3.63, 3.8) is 0 Å². The van der Waals surface area contributed by atoms with Gasteiger partial charge in [-0.25, -0.2) is 0 Å². The minimum atomic E-state index is 0.752. The van der Waals surface area contributed by atoms with Gasteiger partial charge in [-0.15, -0.1) is 0 Å². The maximum Gasteiger partial charge on any atom is 0.0469 e. The van der Waals surface area contributed by atoms with Crippen molar-refractivity contribution in [3.05, 3.63) is 0 Å². The maximum absolute atomic E-state index is 5.74. The van der Waals surface area contributed by atoms with Gasteiger partial charge in [-0.05, 0) is 44.6 Å².